The van der Waals surface area contributed by atoms with Gasteiger partial charge in [0.2, 0.25) is 0 Å². The lowest BCUT2D eigenvalue weighted by atomic mass is 10.1. The molecular weight excluding hydrogens is 478 g/mol. The van der Waals surface area contributed by atoms with E-state index in [0.29, 0.717) is 23.3 Å². The Hall–Kier alpha value is -3.32. The molecule has 2 aromatic rings. The Morgan fingerprint density at radius 1 is 1.25 bits per heavy atom. The molecule has 0 heterocycles. The van der Waals surface area contributed by atoms with Crippen molar-refractivity contribution in [1.82, 2.24) is 0 Å². The highest BCUT2D eigenvalue weighted by Crippen LogP contribution is 2.34. The standard InChI is InChI=1S/C22H24BrN5O4/c1-4-5-8-27(9-10-32-16(3)29)18-6-7-20(15(2)11-18)25-26-21-12-17(23)13-22(28(30)31)19(21)14-24/h6-7,11-13H,4-5,8-10H2,1-3H3. The summed E-state index contributed by atoms with van der Waals surface area (Å²) in [5, 5.41) is 28.9. The van der Waals surface area contributed by atoms with E-state index < -0.39 is 4.92 Å². The summed E-state index contributed by atoms with van der Waals surface area (Å²) in [6.45, 7) is 7.09. The zero-order valence-corrected chi connectivity index (χ0v) is 19.8. The van der Waals surface area contributed by atoms with Gasteiger partial charge in [-0.15, -0.1) is 5.11 Å². The van der Waals surface area contributed by atoms with Gasteiger partial charge in [-0.2, -0.15) is 10.4 Å². The molecule has 0 radical (unpaired) electrons. The summed E-state index contributed by atoms with van der Waals surface area (Å²) in [6.07, 6.45) is 2.04. The molecule has 0 aliphatic heterocycles. The van der Waals surface area contributed by atoms with E-state index in [-0.39, 0.29) is 22.9 Å². The highest BCUT2D eigenvalue weighted by Gasteiger charge is 2.19. The second-order valence-corrected chi connectivity index (χ2v) is 7.96. The molecule has 0 bridgehead atoms. The number of anilines is 1. The van der Waals surface area contributed by atoms with Crippen molar-refractivity contribution in [1.29, 1.82) is 5.26 Å². The smallest absolute Gasteiger partial charge is 0.302 e. The first-order valence-electron chi connectivity index (χ1n) is 10.1. The average Bonchev–Trinajstić information content (AvgIpc) is 2.74. The van der Waals surface area contributed by atoms with Gasteiger partial charge in [-0.1, -0.05) is 29.3 Å². The van der Waals surface area contributed by atoms with Crippen LogP contribution in [0.2, 0.25) is 0 Å². The number of hydrogen-bond donors (Lipinski definition) is 0. The molecule has 0 N–H and O–H groups in total. The van der Waals surface area contributed by atoms with Crippen LogP contribution >= 0.6 is 15.9 Å². The number of unbranched alkanes of at least 4 members (excludes halogenated alkanes) is 1. The van der Waals surface area contributed by atoms with Crippen LogP contribution in [0.4, 0.5) is 22.7 Å². The van der Waals surface area contributed by atoms with Crippen molar-refractivity contribution in [3.8, 4) is 6.07 Å². The Morgan fingerprint density at radius 3 is 2.56 bits per heavy atom. The monoisotopic (exact) mass is 501 g/mol. The maximum absolute atomic E-state index is 11.2. The van der Waals surface area contributed by atoms with Crippen LogP contribution in [-0.2, 0) is 9.53 Å². The van der Waals surface area contributed by atoms with Crippen molar-refractivity contribution in [3.05, 3.63) is 56.0 Å². The Morgan fingerprint density at radius 2 is 1.97 bits per heavy atom. The van der Waals surface area contributed by atoms with Crippen LogP contribution < -0.4 is 4.90 Å². The first-order valence-corrected chi connectivity index (χ1v) is 10.8. The molecular formula is C22H24BrN5O4. The van der Waals surface area contributed by atoms with Gasteiger partial charge in [0.05, 0.1) is 17.2 Å². The minimum absolute atomic E-state index is 0.114. The Kier molecular flexibility index (Phi) is 9.28. The molecule has 0 atom stereocenters. The number of ether oxygens (including phenoxy) is 1. The summed E-state index contributed by atoms with van der Waals surface area (Å²) in [4.78, 5) is 23.8. The van der Waals surface area contributed by atoms with Crippen molar-refractivity contribution in [3.63, 3.8) is 0 Å². The number of benzene rings is 2. The fourth-order valence-corrected chi connectivity index (χ4v) is 3.42. The molecule has 0 aliphatic rings. The van der Waals surface area contributed by atoms with E-state index in [1.807, 2.05) is 25.1 Å². The van der Waals surface area contributed by atoms with Crippen molar-refractivity contribution < 1.29 is 14.5 Å². The highest BCUT2D eigenvalue weighted by molar-refractivity contribution is 9.10. The van der Waals surface area contributed by atoms with Crippen LogP contribution in [0.5, 0.6) is 0 Å². The number of carbonyl (C=O) groups excluding carboxylic acids is 1. The lowest BCUT2D eigenvalue weighted by Gasteiger charge is -2.25. The van der Waals surface area contributed by atoms with Crippen LogP contribution in [0.15, 0.2) is 45.0 Å². The molecule has 0 saturated carbocycles. The first-order chi connectivity index (χ1) is 15.3. The molecule has 0 aliphatic carbocycles. The van der Waals surface area contributed by atoms with Crippen molar-refractivity contribution >= 4 is 44.6 Å². The topological polar surface area (TPSA) is 121 Å². The summed E-state index contributed by atoms with van der Waals surface area (Å²) in [7, 11) is 0. The third-order valence-corrected chi connectivity index (χ3v) is 5.09. The zero-order chi connectivity index (χ0) is 23.7. The summed E-state index contributed by atoms with van der Waals surface area (Å²) in [6, 6.07) is 10.3. The number of nitrogens with zero attached hydrogens (tertiary/aromatic N) is 5. The van der Waals surface area contributed by atoms with Gasteiger partial charge in [-0.3, -0.25) is 14.9 Å². The number of aryl methyl sites for hydroxylation is 1. The predicted molar refractivity (Wildman–Crippen MR) is 125 cm³/mol. The van der Waals surface area contributed by atoms with Gasteiger partial charge in [0.15, 0.2) is 5.56 Å². The number of azo groups is 1. The number of nitro benzene ring substituents is 1. The largest absolute Gasteiger partial charge is 0.464 e. The van der Waals surface area contributed by atoms with E-state index >= 15 is 0 Å². The SMILES string of the molecule is CCCCN(CCOC(C)=O)c1ccc(N=Nc2cc(Br)cc([N+](=O)[O-])c2C#N)c(C)c1. The minimum Gasteiger partial charge on any atom is -0.464 e. The molecule has 0 aromatic heterocycles. The quantitative estimate of drug-likeness (QED) is 0.167. The van der Waals surface area contributed by atoms with Gasteiger partial charge in [-0.05, 0) is 43.2 Å². The minimum atomic E-state index is -0.622. The molecule has 2 aromatic carbocycles. The zero-order valence-electron chi connectivity index (χ0n) is 18.2. The van der Waals surface area contributed by atoms with Gasteiger partial charge >= 0.3 is 5.97 Å². The maximum Gasteiger partial charge on any atom is 0.302 e. The maximum atomic E-state index is 11.2. The van der Waals surface area contributed by atoms with Crippen molar-refractivity contribution in [2.45, 2.75) is 33.6 Å². The van der Waals surface area contributed by atoms with E-state index in [2.05, 4.69) is 38.0 Å². The van der Waals surface area contributed by atoms with Gasteiger partial charge in [0.25, 0.3) is 5.69 Å². The van der Waals surface area contributed by atoms with E-state index in [4.69, 9.17) is 4.74 Å². The number of nitro groups is 1. The third kappa shape index (κ3) is 6.85. The molecule has 9 nitrogen and oxygen atoms in total. The fourth-order valence-electron chi connectivity index (χ4n) is 2.99. The number of hydrogen-bond acceptors (Lipinski definition) is 8. The van der Waals surface area contributed by atoms with E-state index in [1.165, 1.54) is 19.1 Å². The van der Waals surface area contributed by atoms with Gasteiger partial charge < -0.3 is 9.64 Å². The van der Waals surface area contributed by atoms with Crippen LogP contribution in [0.25, 0.3) is 0 Å². The molecule has 2 rings (SSSR count). The average molecular weight is 502 g/mol. The summed E-state index contributed by atoms with van der Waals surface area (Å²) in [5.41, 5.74) is 2.04. The summed E-state index contributed by atoms with van der Waals surface area (Å²) in [5.74, 6) is -0.308. The number of rotatable bonds is 10. The van der Waals surface area contributed by atoms with Crippen LogP contribution in [0.3, 0.4) is 0 Å². The molecule has 0 unspecified atom stereocenters. The molecule has 0 fully saturated rings. The third-order valence-electron chi connectivity index (χ3n) is 4.63. The van der Waals surface area contributed by atoms with Crippen LogP contribution in [-0.4, -0.2) is 30.6 Å². The summed E-state index contributed by atoms with van der Waals surface area (Å²) >= 11 is 3.21. The van der Waals surface area contributed by atoms with Gasteiger partial charge in [0, 0.05) is 29.7 Å². The van der Waals surface area contributed by atoms with Gasteiger partial charge in [0.1, 0.15) is 18.4 Å². The van der Waals surface area contributed by atoms with Crippen molar-refractivity contribution in [2.75, 3.05) is 24.6 Å². The first kappa shape index (κ1) is 24.9. The second kappa shape index (κ2) is 11.9. The normalized spacial score (nSPS) is 10.7. The molecule has 10 heteroatoms. The number of carbonyl (C=O) groups is 1. The highest BCUT2D eigenvalue weighted by atomic mass is 79.9. The summed E-state index contributed by atoms with van der Waals surface area (Å²) < 4.78 is 5.51. The Balaban J connectivity index is 2.30. The lowest BCUT2D eigenvalue weighted by Crippen LogP contribution is -2.29. The molecule has 0 saturated heterocycles. The van der Waals surface area contributed by atoms with E-state index in [1.54, 1.807) is 6.07 Å². The molecule has 0 amide bonds. The molecule has 168 valence electrons. The fraction of sp³-hybridized carbons (Fsp3) is 0.364. The number of nitriles is 1. The predicted octanol–water partition coefficient (Wildman–Crippen LogP) is 6.12. The van der Waals surface area contributed by atoms with E-state index in [0.717, 1.165) is 30.6 Å². The lowest BCUT2D eigenvalue weighted by molar-refractivity contribution is -0.385. The molecule has 0 spiro atoms. The van der Waals surface area contributed by atoms with Crippen LogP contribution in [0.1, 0.15) is 37.8 Å². The van der Waals surface area contributed by atoms with Gasteiger partial charge in [-0.25, -0.2) is 0 Å². The Labute approximate surface area is 195 Å². The Bertz CT molecular complexity index is 1070. The molecule has 32 heavy (non-hydrogen) atoms. The number of halogens is 1. The number of esters is 1. The second-order valence-electron chi connectivity index (χ2n) is 7.04. The van der Waals surface area contributed by atoms with Crippen LogP contribution in [0, 0.1) is 28.4 Å². The van der Waals surface area contributed by atoms with E-state index in [9.17, 15) is 20.2 Å². The van der Waals surface area contributed by atoms with Crippen molar-refractivity contribution in [2.24, 2.45) is 10.2 Å².